The fraction of sp³-hybridized carbons (Fsp3) is 0.360. The second-order valence-corrected chi connectivity index (χ2v) is 8.43. The van der Waals surface area contributed by atoms with Crippen LogP contribution in [-0.2, 0) is 27.3 Å². The number of hydrogen-bond acceptors (Lipinski definition) is 4. The molecule has 5 rings (SSSR count). The van der Waals surface area contributed by atoms with Crippen LogP contribution in [0.2, 0.25) is 0 Å². The van der Waals surface area contributed by atoms with Gasteiger partial charge < -0.3 is 19.7 Å². The largest absolute Gasteiger partial charge is 0.496 e. The van der Waals surface area contributed by atoms with E-state index in [1.807, 2.05) is 59.5 Å². The highest BCUT2D eigenvalue weighted by molar-refractivity contribution is 5.93. The maximum Gasteiger partial charge on any atom is 0.230 e. The van der Waals surface area contributed by atoms with Gasteiger partial charge in [-0.05, 0) is 18.1 Å². The summed E-state index contributed by atoms with van der Waals surface area (Å²) in [4.78, 5) is 28.3. The van der Waals surface area contributed by atoms with Crippen LogP contribution in [0, 0.1) is 11.8 Å². The van der Waals surface area contributed by atoms with Gasteiger partial charge in [-0.2, -0.15) is 0 Å². The minimum atomic E-state index is -0.676. The van der Waals surface area contributed by atoms with Crippen LogP contribution in [0.3, 0.4) is 0 Å². The Bertz CT molecular complexity index is 1020. The highest BCUT2D eigenvalue weighted by Crippen LogP contribution is 2.51. The molecule has 3 aliphatic rings. The van der Waals surface area contributed by atoms with Gasteiger partial charge in [0.1, 0.15) is 11.4 Å². The zero-order chi connectivity index (χ0) is 21.4. The molecule has 2 amide bonds. The second-order valence-electron chi connectivity index (χ2n) is 8.43. The van der Waals surface area contributed by atoms with Crippen LogP contribution in [0.15, 0.2) is 66.7 Å². The van der Waals surface area contributed by atoms with Crippen LogP contribution < -0.4 is 10.1 Å². The van der Waals surface area contributed by atoms with Crippen LogP contribution >= 0.6 is 0 Å². The van der Waals surface area contributed by atoms with Gasteiger partial charge >= 0.3 is 0 Å². The molecule has 2 fully saturated rings. The Balaban J connectivity index is 1.28. The number of ether oxygens (including phenoxy) is 2. The first-order chi connectivity index (χ1) is 15.1. The van der Waals surface area contributed by atoms with Crippen molar-refractivity contribution in [2.75, 3.05) is 20.2 Å². The Kier molecular flexibility index (Phi) is 5.02. The zero-order valence-electron chi connectivity index (χ0n) is 17.5. The fourth-order valence-electron chi connectivity index (χ4n) is 5.12. The van der Waals surface area contributed by atoms with E-state index < -0.39 is 17.4 Å². The van der Waals surface area contributed by atoms with E-state index in [-0.39, 0.29) is 17.9 Å². The molecule has 0 aliphatic carbocycles. The van der Waals surface area contributed by atoms with Gasteiger partial charge in [0.15, 0.2) is 0 Å². The van der Waals surface area contributed by atoms with Crippen LogP contribution in [0.1, 0.15) is 11.1 Å². The van der Waals surface area contributed by atoms with E-state index >= 15 is 0 Å². The summed E-state index contributed by atoms with van der Waals surface area (Å²) in [7, 11) is 1.61. The first-order valence-electron chi connectivity index (χ1n) is 10.7. The van der Waals surface area contributed by atoms with Gasteiger partial charge in [0.2, 0.25) is 11.8 Å². The molecule has 6 nitrogen and oxygen atoms in total. The van der Waals surface area contributed by atoms with E-state index in [0.29, 0.717) is 19.6 Å². The Morgan fingerprint density at radius 3 is 2.77 bits per heavy atom. The Morgan fingerprint density at radius 2 is 1.97 bits per heavy atom. The molecular formula is C25H26N2O4. The number of methoxy groups -OCH3 is 1. The van der Waals surface area contributed by atoms with Gasteiger partial charge in [-0.1, -0.05) is 60.7 Å². The van der Waals surface area contributed by atoms with Crippen molar-refractivity contribution in [2.24, 2.45) is 11.8 Å². The number of amides is 2. The maximum atomic E-state index is 13.3. The summed E-state index contributed by atoms with van der Waals surface area (Å²) in [5.41, 5.74) is 1.41. The standard InChI is InChI=1S/C25H26N2O4/c1-30-19-10-6-5-9-18(19)15-26-23(28)21-20-11-13-25(31-20)16-27(24(29)22(21)25)14-12-17-7-3-2-4-8-17/h2-11,13,20-22H,12,14-16H2,1H3,(H,26,28)/t20-,21-,22+,25+/m1/s1. The first-order valence-corrected chi connectivity index (χ1v) is 10.7. The number of rotatable bonds is 7. The molecule has 0 radical (unpaired) electrons. The third-order valence-corrected chi connectivity index (χ3v) is 6.64. The van der Waals surface area contributed by atoms with Crippen molar-refractivity contribution in [2.45, 2.75) is 24.7 Å². The molecule has 3 aliphatic heterocycles. The first kappa shape index (κ1) is 19.8. The van der Waals surface area contributed by atoms with Crippen molar-refractivity contribution in [3.8, 4) is 5.75 Å². The molecule has 0 aromatic heterocycles. The molecule has 160 valence electrons. The van der Waals surface area contributed by atoms with Crippen LogP contribution in [0.25, 0.3) is 0 Å². The topological polar surface area (TPSA) is 67.9 Å². The molecule has 2 aromatic rings. The van der Waals surface area contributed by atoms with Crippen molar-refractivity contribution < 1.29 is 19.1 Å². The second kappa shape index (κ2) is 7.85. The third-order valence-electron chi connectivity index (χ3n) is 6.64. The number of carbonyl (C=O) groups is 2. The summed E-state index contributed by atoms with van der Waals surface area (Å²) < 4.78 is 11.6. The van der Waals surface area contributed by atoms with Crippen molar-refractivity contribution in [3.63, 3.8) is 0 Å². The number of carbonyl (C=O) groups excluding carboxylic acids is 2. The molecule has 0 saturated carbocycles. The normalized spacial score (nSPS) is 28.1. The lowest BCUT2D eigenvalue weighted by atomic mass is 9.77. The quantitative estimate of drug-likeness (QED) is 0.701. The van der Waals surface area contributed by atoms with Crippen molar-refractivity contribution in [1.29, 1.82) is 0 Å². The summed E-state index contributed by atoms with van der Waals surface area (Å²) >= 11 is 0. The Morgan fingerprint density at radius 1 is 1.19 bits per heavy atom. The van der Waals surface area contributed by atoms with Gasteiger partial charge in [-0.15, -0.1) is 0 Å². The molecule has 3 heterocycles. The van der Waals surface area contributed by atoms with E-state index in [1.54, 1.807) is 7.11 Å². The van der Waals surface area contributed by atoms with Gasteiger partial charge in [-0.3, -0.25) is 9.59 Å². The monoisotopic (exact) mass is 418 g/mol. The fourth-order valence-corrected chi connectivity index (χ4v) is 5.12. The minimum Gasteiger partial charge on any atom is -0.496 e. The number of fused-ring (bicyclic) bond motifs is 1. The smallest absolute Gasteiger partial charge is 0.230 e. The van der Waals surface area contributed by atoms with Gasteiger partial charge in [0.05, 0.1) is 31.6 Å². The van der Waals surface area contributed by atoms with Crippen LogP contribution in [0.4, 0.5) is 0 Å². The highest BCUT2D eigenvalue weighted by Gasteiger charge is 2.66. The number of benzene rings is 2. The minimum absolute atomic E-state index is 0.0141. The predicted molar refractivity (Wildman–Crippen MR) is 115 cm³/mol. The molecule has 1 spiro atoms. The average molecular weight is 418 g/mol. The molecule has 2 saturated heterocycles. The lowest BCUT2D eigenvalue weighted by Gasteiger charge is -2.23. The third kappa shape index (κ3) is 3.41. The molecule has 4 atom stereocenters. The zero-order valence-corrected chi connectivity index (χ0v) is 17.5. The van der Waals surface area contributed by atoms with Gasteiger partial charge in [0.25, 0.3) is 0 Å². The van der Waals surface area contributed by atoms with Crippen molar-refractivity contribution in [3.05, 3.63) is 77.9 Å². The number of para-hydroxylation sites is 1. The maximum absolute atomic E-state index is 13.3. The molecule has 6 heteroatoms. The molecule has 0 unspecified atom stereocenters. The molecule has 1 N–H and O–H groups in total. The van der Waals surface area contributed by atoms with Gasteiger partial charge in [-0.25, -0.2) is 0 Å². The predicted octanol–water partition coefficient (Wildman–Crippen LogP) is 2.34. The molecular weight excluding hydrogens is 392 g/mol. The average Bonchev–Trinajstić information content (AvgIpc) is 3.45. The van der Waals surface area contributed by atoms with E-state index in [2.05, 4.69) is 17.4 Å². The molecule has 31 heavy (non-hydrogen) atoms. The van der Waals surface area contributed by atoms with Crippen LogP contribution in [0.5, 0.6) is 5.75 Å². The molecule has 2 bridgehead atoms. The lowest BCUT2D eigenvalue weighted by molar-refractivity contribution is -0.137. The SMILES string of the molecule is COc1ccccc1CNC(=O)[C@H]1[C@H]2C(=O)N(CCc3ccccc3)C[C@@]23C=C[C@H]1O3. The number of nitrogens with zero attached hydrogens (tertiary/aromatic N) is 1. The Hall–Kier alpha value is -3.12. The summed E-state index contributed by atoms with van der Waals surface area (Å²) in [5.74, 6) is -0.372. The van der Waals surface area contributed by atoms with Crippen molar-refractivity contribution >= 4 is 11.8 Å². The lowest BCUT2D eigenvalue weighted by Crippen LogP contribution is -2.44. The van der Waals surface area contributed by atoms with E-state index in [4.69, 9.17) is 9.47 Å². The number of hydrogen-bond donors (Lipinski definition) is 1. The van der Waals surface area contributed by atoms with Crippen molar-refractivity contribution in [1.82, 2.24) is 10.2 Å². The summed E-state index contributed by atoms with van der Waals surface area (Å²) in [6, 6.07) is 17.7. The van der Waals surface area contributed by atoms with Crippen LogP contribution in [-0.4, -0.2) is 48.6 Å². The van der Waals surface area contributed by atoms with E-state index in [1.165, 1.54) is 5.56 Å². The number of nitrogens with one attached hydrogen (secondary N) is 1. The number of likely N-dealkylation sites (tertiary alicyclic amines) is 1. The summed E-state index contributed by atoms with van der Waals surface area (Å²) in [5, 5.41) is 3.00. The van der Waals surface area contributed by atoms with E-state index in [9.17, 15) is 9.59 Å². The summed E-state index contributed by atoms with van der Waals surface area (Å²) in [6.45, 7) is 1.48. The highest BCUT2D eigenvalue weighted by atomic mass is 16.5. The summed E-state index contributed by atoms with van der Waals surface area (Å²) in [6.07, 6.45) is 4.38. The van der Waals surface area contributed by atoms with E-state index in [0.717, 1.165) is 17.7 Å². The van der Waals surface area contributed by atoms with Gasteiger partial charge in [0, 0.05) is 18.7 Å². The molecule has 2 aromatic carbocycles. The Labute approximate surface area is 181 Å².